The number of nitrogens with one attached hydrogen (secondary N) is 1. The molecule has 19 heavy (non-hydrogen) atoms. The van der Waals surface area contributed by atoms with Crippen LogP contribution in [0.4, 0.5) is 13.2 Å². The molecular formula is C13H16F3NO2. The summed E-state index contributed by atoms with van der Waals surface area (Å²) in [5.41, 5.74) is -0.567. The molecule has 0 saturated heterocycles. The number of unbranched alkanes of at least 4 members (excludes halogenated alkanes) is 2. The molecule has 1 amide bonds. The minimum Gasteiger partial charge on any atom is -0.396 e. The number of carbonyl (C=O) groups excluding carboxylic acids is 1. The van der Waals surface area contributed by atoms with Crippen molar-refractivity contribution in [2.24, 2.45) is 0 Å². The van der Waals surface area contributed by atoms with Gasteiger partial charge in [-0.3, -0.25) is 4.79 Å². The molecule has 1 aromatic rings. The second-order valence-electron chi connectivity index (χ2n) is 4.12. The zero-order chi connectivity index (χ0) is 14.3. The van der Waals surface area contributed by atoms with Gasteiger partial charge in [0, 0.05) is 18.7 Å². The van der Waals surface area contributed by atoms with Crippen molar-refractivity contribution < 1.29 is 23.1 Å². The highest BCUT2D eigenvalue weighted by Gasteiger charge is 2.30. The number of carbonyl (C=O) groups is 1. The Hall–Kier alpha value is -1.56. The highest BCUT2D eigenvalue weighted by atomic mass is 19.4. The van der Waals surface area contributed by atoms with Crippen molar-refractivity contribution in [3.8, 4) is 0 Å². The van der Waals surface area contributed by atoms with E-state index in [-0.39, 0.29) is 12.2 Å². The SMILES string of the molecule is O=C(NCCCCCO)c1ccc(C(F)(F)F)cc1. The van der Waals surface area contributed by atoms with Gasteiger partial charge in [0.1, 0.15) is 0 Å². The van der Waals surface area contributed by atoms with Crippen LogP contribution in [0.25, 0.3) is 0 Å². The first-order valence-electron chi connectivity index (χ1n) is 6.01. The van der Waals surface area contributed by atoms with Crippen molar-refractivity contribution in [2.75, 3.05) is 13.2 Å². The van der Waals surface area contributed by atoms with Gasteiger partial charge >= 0.3 is 6.18 Å². The van der Waals surface area contributed by atoms with Gasteiger partial charge in [0.15, 0.2) is 0 Å². The first-order valence-corrected chi connectivity index (χ1v) is 6.01. The minimum absolute atomic E-state index is 0.118. The number of amides is 1. The molecular weight excluding hydrogens is 259 g/mol. The zero-order valence-electron chi connectivity index (χ0n) is 10.3. The average Bonchev–Trinajstić information content (AvgIpc) is 2.37. The van der Waals surface area contributed by atoms with Gasteiger partial charge in [0.25, 0.3) is 5.91 Å². The Morgan fingerprint density at radius 1 is 1.11 bits per heavy atom. The van der Waals surface area contributed by atoms with Crippen molar-refractivity contribution in [2.45, 2.75) is 25.4 Å². The van der Waals surface area contributed by atoms with Crippen molar-refractivity contribution in [3.05, 3.63) is 35.4 Å². The Morgan fingerprint density at radius 2 is 1.74 bits per heavy atom. The van der Waals surface area contributed by atoms with Gasteiger partial charge in [0.05, 0.1) is 5.56 Å². The number of alkyl halides is 3. The summed E-state index contributed by atoms with van der Waals surface area (Å²) in [7, 11) is 0. The molecule has 1 rings (SSSR count). The van der Waals surface area contributed by atoms with Crippen LogP contribution in [-0.2, 0) is 6.18 Å². The molecule has 2 N–H and O–H groups in total. The van der Waals surface area contributed by atoms with Crippen LogP contribution in [-0.4, -0.2) is 24.2 Å². The Morgan fingerprint density at radius 3 is 2.26 bits per heavy atom. The first kappa shape index (κ1) is 15.5. The van der Waals surface area contributed by atoms with Crippen LogP contribution in [0.1, 0.15) is 35.2 Å². The van der Waals surface area contributed by atoms with Crippen LogP contribution in [0, 0.1) is 0 Å². The summed E-state index contributed by atoms with van der Waals surface area (Å²) >= 11 is 0. The van der Waals surface area contributed by atoms with Crippen molar-refractivity contribution in [1.29, 1.82) is 0 Å². The third-order valence-electron chi connectivity index (χ3n) is 2.59. The second kappa shape index (κ2) is 7.13. The Kier molecular flexibility index (Phi) is 5.82. The molecule has 0 aliphatic heterocycles. The highest BCUT2D eigenvalue weighted by Crippen LogP contribution is 2.28. The lowest BCUT2D eigenvalue weighted by Crippen LogP contribution is -2.24. The number of benzene rings is 1. The van der Waals surface area contributed by atoms with Crippen molar-refractivity contribution >= 4 is 5.91 Å². The Balaban J connectivity index is 2.45. The largest absolute Gasteiger partial charge is 0.416 e. The van der Waals surface area contributed by atoms with E-state index < -0.39 is 17.6 Å². The number of aliphatic hydroxyl groups is 1. The molecule has 1 aromatic carbocycles. The van der Waals surface area contributed by atoms with Gasteiger partial charge < -0.3 is 10.4 Å². The predicted octanol–water partition coefficient (Wildman–Crippen LogP) is 2.60. The number of aliphatic hydroxyl groups excluding tert-OH is 1. The lowest BCUT2D eigenvalue weighted by atomic mass is 10.1. The summed E-state index contributed by atoms with van der Waals surface area (Å²) in [6.07, 6.45) is -2.19. The summed E-state index contributed by atoms with van der Waals surface area (Å²) in [5, 5.41) is 11.2. The molecule has 0 spiro atoms. The van der Waals surface area contributed by atoms with Gasteiger partial charge in [-0.15, -0.1) is 0 Å². The van der Waals surface area contributed by atoms with E-state index in [4.69, 9.17) is 5.11 Å². The quantitative estimate of drug-likeness (QED) is 0.784. The molecule has 0 fully saturated rings. The van der Waals surface area contributed by atoms with Crippen LogP contribution in [0.15, 0.2) is 24.3 Å². The smallest absolute Gasteiger partial charge is 0.396 e. The van der Waals surface area contributed by atoms with Crippen molar-refractivity contribution in [3.63, 3.8) is 0 Å². The standard InChI is InChI=1S/C13H16F3NO2/c14-13(15,16)11-6-4-10(5-7-11)12(19)17-8-2-1-3-9-18/h4-7,18H,1-3,8-9H2,(H,17,19). The Labute approximate surface area is 109 Å². The molecule has 0 aliphatic carbocycles. The maximum absolute atomic E-state index is 12.3. The zero-order valence-corrected chi connectivity index (χ0v) is 10.3. The van der Waals surface area contributed by atoms with E-state index in [0.717, 1.165) is 37.1 Å². The fraction of sp³-hybridized carbons (Fsp3) is 0.462. The summed E-state index contributed by atoms with van der Waals surface area (Å²) in [6.45, 7) is 0.562. The fourth-order valence-corrected chi connectivity index (χ4v) is 1.53. The van der Waals surface area contributed by atoms with E-state index in [0.29, 0.717) is 13.0 Å². The topological polar surface area (TPSA) is 49.3 Å². The summed E-state index contributed by atoms with van der Waals surface area (Å²) in [6, 6.07) is 4.10. The van der Waals surface area contributed by atoms with E-state index >= 15 is 0 Å². The van der Waals surface area contributed by atoms with Crippen LogP contribution in [0.5, 0.6) is 0 Å². The van der Waals surface area contributed by atoms with Gasteiger partial charge in [-0.25, -0.2) is 0 Å². The van der Waals surface area contributed by atoms with Gasteiger partial charge in [-0.1, -0.05) is 0 Å². The third kappa shape index (κ3) is 5.30. The molecule has 106 valence electrons. The van der Waals surface area contributed by atoms with E-state index in [1.54, 1.807) is 0 Å². The first-order chi connectivity index (χ1) is 8.95. The van der Waals surface area contributed by atoms with E-state index in [1.807, 2.05) is 0 Å². The number of hydrogen-bond acceptors (Lipinski definition) is 2. The van der Waals surface area contributed by atoms with E-state index in [2.05, 4.69) is 5.32 Å². The lowest BCUT2D eigenvalue weighted by molar-refractivity contribution is -0.137. The summed E-state index contributed by atoms with van der Waals surface area (Å²) in [5.74, 6) is -0.391. The Bertz CT molecular complexity index is 401. The van der Waals surface area contributed by atoms with Crippen LogP contribution in [0.2, 0.25) is 0 Å². The molecule has 6 heteroatoms. The van der Waals surface area contributed by atoms with E-state index in [9.17, 15) is 18.0 Å². The monoisotopic (exact) mass is 275 g/mol. The molecule has 0 bridgehead atoms. The lowest BCUT2D eigenvalue weighted by Gasteiger charge is -2.08. The van der Waals surface area contributed by atoms with Crippen molar-refractivity contribution in [1.82, 2.24) is 5.32 Å². The predicted molar refractivity (Wildman–Crippen MR) is 64.7 cm³/mol. The second-order valence-corrected chi connectivity index (χ2v) is 4.12. The molecule has 3 nitrogen and oxygen atoms in total. The number of rotatable bonds is 6. The normalized spacial score (nSPS) is 11.4. The fourth-order valence-electron chi connectivity index (χ4n) is 1.53. The minimum atomic E-state index is -4.39. The van der Waals surface area contributed by atoms with E-state index in [1.165, 1.54) is 0 Å². The maximum atomic E-state index is 12.3. The third-order valence-corrected chi connectivity index (χ3v) is 2.59. The molecule has 0 saturated carbocycles. The summed E-state index contributed by atoms with van der Waals surface area (Å²) in [4.78, 5) is 11.6. The van der Waals surface area contributed by atoms with Crippen LogP contribution in [0.3, 0.4) is 0 Å². The molecule has 0 radical (unpaired) electrons. The number of halogens is 3. The molecule has 0 heterocycles. The maximum Gasteiger partial charge on any atom is 0.416 e. The average molecular weight is 275 g/mol. The molecule has 0 atom stereocenters. The van der Waals surface area contributed by atoms with Crippen LogP contribution >= 0.6 is 0 Å². The molecule has 0 aromatic heterocycles. The van der Waals surface area contributed by atoms with Gasteiger partial charge in [-0.05, 0) is 43.5 Å². The molecule has 0 unspecified atom stereocenters. The highest BCUT2D eigenvalue weighted by molar-refractivity contribution is 5.94. The molecule has 0 aliphatic rings. The van der Waals surface area contributed by atoms with Gasteiger partial charge in [-0.2, -0.15) is 13.2 Å². The van der Waals surface area contributed by atoms with Gasteiger partial charge in [0.2, 0.25) is 0 Å². The van der Waals surface area contributed by atoms with Crippen LogP contribution < -0.4 is 5.32 Å². The number of hydrogen-bond donors (Lipinski definition) is 2. The summed E-state index contributed by atoms with van der Waals surface area (Å²) < 4.78 is 37.0.